The number of ether oxygens (including phenoxy) is 2. The average Bonchev–Trinajstić information content (AvgIpc) is 2.29. The van der Waals surface area contributed by atoms with Crippen molar-refractivity contribution >= 4 is 5.82 Å². The smallest absolute Gasteiger partial charge is 0.219 e. The number of methoxy groups -OCH3 is 1. The van der Waals surface area contributed by atoms with Crippen LogP contribution in [0, 0.1) is 0 Å². The highest BCUT2D eigenvalue weighted by Gasteiger charge is 2.08. The van der Waals surface area contributed by atoms with E-state index >= 15 is 0 Å². The number of nitrogens with one attached hydrogen (secondary N) is 1. The summed E-state index contributed by atoms with van der Waals surface area (Å²) < 4.78 is 10.8. The third kappa shape index (κ3) is 4.87. The van der Waals surface area contributed by atoms with Crippen LogP contribution in [-0.2, 0) is 11.3 Å². The molecule has 0 saturated heterocycles. The standard InChI is InChI=1S/C13H23N3O2/c1-5-7-10(3)18-13-8-11(14-6-2)15-12(16-13)9-17-4/h8,10H,5-7,9H2,1-4H3,(H,14,15,16). The van der Waals surface area contributed by atoms with Crippen molar-refractivity contribution in [3.8, 4) is 5.88 Å². The predicted octanol–water partition coefficient (Wildman–Crippen LogP) is 2.62. The Morgan fingerprint density at radius 3 is 2.72 bits per heavy atom. The van der Waals surface area contributed by atoms with E-state index in [0.29, 0.717) is 18.3 Å². The lowest BCUT2D eigenvalue weighted by atomic mass is 10.2. The zero-order valence-corrected chi connectivity index (χ0v) is 11.7. The first-order chi connectivity index (χ1) is 8.69. The molecule has 0 aromatic carbocycles. The van der Waals surface area contributed by atoms with Crippen molar-refractivity contribution in [2.24, 2.45) is 0 Å². The molecular weight excluding hydrogens is 230 g/mol. The first-order valence-electron chi connectivity index (χ1n) is 6.47. The molecule has 0 amide bonds. The van der Waals surface area contributed by atoms with Crippen molar-refractivity contribution in [2.45, 2.75) is 46.3 Å². The molecule has 5 nitrogen and oxygen atoms in total. The number of anilines is 1. The van der Waals surface area contributed by atoms with E-state index in [-0.39, 0.29) is 6.10 Å². The minimum absolute atomic E-state index is 0.162. The lowest BCUT2D eigenvalue weighted by Gasteiger charge is -2.14. The third-order valence-electron chi connectivity index (χ3n) is 2.40. The maximum absolute atomic E-state index is 5.78. The average molecular weight is 253 g/mol. The Labute approximate surface area is 109 Å². The van der Waals surface area contributed by atoms with E-state index in [9.17, 15) is 0 Å². The van der Waals surface area contributed by atoms with E-state index in [1.165, 1.54) is 0 Å². The zero-order valence-electron chi connectivity index (χ0n) is 11.7. The minimum Gasteiger partial charge on any atom is -0.475 e. The summed E-state index contributed by atoms with van der Waals surface area (Å²) in [6, 6.07) is 1.83. The molecule has 1 atom stereocenters. The third-order valence-corrected chi connectivity index (χ3v) is 2.40. The monoisotopic (exact) mass is 253 g/mol. The van der Waals surface area contributed by atoms with Crippen LogP contribution in [0.1, 0.15) is 39.4 Å². The second kappa shape index (κ2) is 7.87. The molecule has 0 aliphatic carbocycles. The topological polar surface area (TPSA) is 56.3 Å². The molecule has 0 spiro atoms. The summed E-state index contributed by atoms with van der Waals surface area (Å²) in [5.41, 5.74) is 0. The van der Waals surface area contributed by atoms with Crippen LogP contribution in [0.5, 0.6) is 5.88 Å². The van der Waals surface area contributed by atoms with Crippen molar-refractivity contribution in [1.29, 1.82) is 0 Å². The molecular formula is C13H23N3O2. The van der Waals surface area contributed by atoms with Gasteiger partial charge in [-0.2, -0.15) is 4.98 Å². The molecule has 5 heteroatoms. The molecule has 18 heavy (non-hydrogen) atoms. The molecule has 0 saturated carbocycles. The summed E-state index contributed by atoms with van der Waals surface area (Å²) in [6.07, 6.45) is 2.27. The van der Waals surface area contributed by atoms with Crippen LogP contribution >= 0.6 is 0 Å². The normalized spacial score (nSPS) is 12.2. The maximum Gasteiger partial charge on any atom is 0.219 e. The van der Waals surface area contributed by atoms with Crippen LogP contribution in [-0.4, -0.2) is 29.7 Å². The van der Waals surface area contributed by atoms with Gasteiger partial charge in [-0.05, 0) is 20.3 Å². The van der Waals surface area contributed by atoms with Crippen molar-refractivity contribution in [3.05, 3.63) is 11.9 Å². The summed E-state index contributed by atoms with van der Waals surface area (Å²) in [5.74, 6) is 2.02. The fourth-order valence-electron chi connectivity index (χ4n) is 1.67. The van der Waals surface area contributed by atoms with Crippen molar-refractivity contribution < 1.29 is 9.47 Å². The second-order valence-electron chi connectivity index (χ2n) is 4.19. The number of aromatic nitrogens is 2. The number of hydrogen-bond acceptors (Lipinski definition) is 5. The van der Waals surface area contributed by atoms with Gasteiger partial charge in [-0.3, -0.25) is 0 Å². The molecule has 1 heterocycles. The number of hydrogen-bond donors (Lipinski definition) is 1. The van der Waals surface area contributed by atoms with Gasteiger partial charge in [0.05, 0.1) is 6.10 Å². The lowest BCUT2D eigenvalue weighted by molar-refractivity contribution is 0.171. The van der Waals surface area contributed by atoms with Gasteiger partial charge in [-0.15, -0.1) is 0 Å². The predicted molar refractivity (Wildman–Crippen MR) is 71.9 cm³/mol. The highest BCUT2D eigenvalue weighted by molar-refractivity contribution is 5.38. The van der Waals surface area contributed by atoms with Gasteiger partial charge in [0.25, 0.3) is 0 Å². The van der Waals surface area contributed by atoms with Gasteiger partial charge < -0.3 is 14.8 Å². The van der Waals surface area contributed by atoms with Gasteiger partial charge in [0.2, 0.25) is 5.88 Å². The molecule has 102 valence electrons. The quantitative estimate of drug-likeness (QED) is 0.771. The van der Waals surface area contributed by atoms with Crippen molar-refractivity contribution in [3.63, 3.8) is 0 Å². The molecule has 1 aromatic heterocycles. The van der Waals surface area contributed by atoms with E-state index in [2.05, 4.69) is 29.1 Å². The summed E-state index contributed by atoms with van der Waals surface area (Å²) in [6.45, 7) is 7.41. The lowest BCUT2D eigenvalue weighted by Crippen LogP contribution is -2.14. The highest BCUT2D eigenvalue weighted by Crippen LogP contribution is 2.16. The molecule has 0 fully saturated rings. The molecule has 0 bridgehead atoms. The fraction of sp³-hybridized carbons (Fsp3) is 0.692. The Kier molecular flexibility index (Phi) is 6.43. The summed E-state index contributed by atoms with van der Waals surface area (Å²) >= 11 is 0. The van der Waals surface area contributed by atoms with Gasteiger partial charge in [-0.25, -0.2) is 4.98 Å². The largest absolute Gasteiger partial charge is 0.475 e. The van der Waals surface area contributed by atoms with Crippen LogP contribution in [0.25, 0.3) is 0 Å². The van der Waals surface area contributed by atoms with Gasteiger partial charge >= 0.3 is 0 Å². The summed E-state index contributed by atoms with van der Waals surface area (Å²) in [4.78, 5) is 8.67. The summed E-state index contributed by atoms with van der Waals surface area (Å²) in [7, 11) is 1.63. The van der Waals surface area contributed by atoms with E-state index < -0.39 is 0 Å². The van der Waals surface area contributed by atoms with Crippen LogP contribution in [0.15, 0.2) is 6.07 Å². The first-order valence-corrected chi connectivity index (χ1v) is 6.47. The van der Waals surface area contributed by atoms with Crippen LogP contribution in [0.2, 0.25) is 0 Å². The van der Waals surface area contributed by atoms with Crippen LogP contribution in [0.3, 0.4) is 0 Å². The van der Waals surface area contributed by atoms with Crippen molar-refractivity contribution in [2.75, 3.05) is 19.0 Å². The van der Waals surface area contributed by atoms with Crippen LogP contribution < -0.4 is 10.1 Å². The van der Waals surface area contributed by atoms with E-state index in [1.54, 1.807) is 7.11 Å². The first kappa shape index (κ1) is 14.7. The molecule has 0 aliphatic heterocycles. The molecule has 0 aliphatic rings. The molecule has 1 aromatic rings. The maximum atomic E-state index is 5.78. The zero-order chi connectivity index (χ0) is 13.4. The number of rotatable bonds is 8. The minimum atomic E-state index is 0.162. The van der Waals surface area contributed by atoms with Crippen molar-refractivity contribution in [1.82, 2.24) is 9.97 Å². The molecule has 1 rings (SSSR count). The van der Waals surface area contributed by atoms with Gasteiger partial charge in [0.1, 0.15) is 12.4 Å². The Morgan fingerprint density at radius 1 is 1.33 bits per heavy atom. The highest BCUT2D eigenvalue weighted by atomic mass is 16.5. The van der Waals surface area contributed by atoms with E-state index in [0.717, 1.165) is 25.2 Å². The molecule has 1 N–H and O–H groups in total. The Balaban J connectivity index is 2.81. The Bertz CT molecular complexity index is 334. The summed E-state index contributed by atoms with van der Waals surface area (Å²) in [5, 5.41) is 3.17. The Morgan fingerprint density at radius 2 is 2.11 bits per heavy atom. The second-order valence-corrected chi connectivity index (χ2v) is 4.19. The number of nitrogens with zero attached hydrogens (tertiary/aromatic N) is 2. The van der Waals surface area contributed by atoms with Crippen LogP contribution in [0.4, 0.5) is 5.82 Å². The fourth-order valence-corrected chi connectivity index (χ4v) is 1.67. The van der Waals surface area contributed by atoms with Gasteiger partial charge in [0, 0.05) is 19.7 Å². The van der Waals surface area contributed by atoms with Gasteiger partial charge in [-0.1, -0.05) is 13.3 Å². The SMILES string of the molecule is CCCC(C)Oc1cc(NCC)nc(COC)n1. The van der Waals surface area contributed by atoms with E-state index in [1.807, 2.05) is 13.0 Å². The Hall–Kier alpha value is -1.36. The molecule has 0 radical (unpaired) electrons. The van der Waals surface area contributed by atoms with Gasteiger partial charge in [0.15, 0.2) is 5.82 Å². The molecule has 1 unspecified atom stereocenters. The van der Waals surface area contributed by atoms with E-state index in [4.69, 9.17) is 9.47 Å².